The zero-order valence-corrected chi connectivity index (χ0v) is 22.7. The van der Waals surface area contributed by atoms with Crippen LogP contribution in [0.2, 0.25) is 0 Å². The monoisotopic (exact) mass is 513 g/mol. The summed E-state index contributed by atoms with van der Waals surface area (Å²) >= 11 is 0. The summed E-state index contributed by atoms with van der Waals surface area (Å²) in [7, 11) is 1.39. The number of pyridine rings is 1. The molecule has 1 aromatic carbocycles. The van der Waals surface area contributed by atoms with Gasteiger partial charge in [0.2, 0.25) is 0 Å². The molecule has 1 N–H and O–H groups in total. The second kappa shape index (κ2) is 9.78. The van der Waals surface area contributed by atoms with Crippen molar-refractivity contribution in [1.82, 2.24) is 14.7 Å². The summed E-state index contributed by atoms with van der Waals surface area (Å²) < 4.78 is 12.6. The van der Waals surface area contributed by atoms with E-state index in [0.29, 0.717) is 11.2 Å². The zero-order chi connectivity index (χ0) is 27.1. The molecular formula is C31H35N3O4. The molecule has 38 heavy (non-hydrogen) atoms. The number of nitrogens with zero attached hydrogens (tertiary/aromatic N) is 2. The first-order valence-electron chi connectivity index (χ1n) is 13.2. The van der Waals surface area contributed by atoms with Gasteiger partial charge in [-0.2, -0.15) is 0 Å². The number of benzene rings is 1. The van der Waals surface area contributed by atoms with E-state index >= 15 is 0 Å². The number of allylic oxidation sites excluding steroid dienone is 4. The second-order valence-corrected chi connectivity index (χ2v) is 11.3. The average molecular weight is 514 g/mol. The number of nitrogens with one attached hydrogen (secondary N) is 1. The second-order valence-electron chi connectivity index (χ2n) is 11.3. The quantitative estimate of drug-likeness (QED) is 0.389. The minimum Gasteiger partial charge on any atom is -0.465 e. The Balaban J connectivity index is 1.56. The third-order valence-electron chi connectivity index (χ3n) is 7.29. The van der Waals surface area contributed by atoms with Crippen LogP contribution < -0.4 is 5.32 Å². The van der Waals surface area contributed by atoms with Crippen molar-refractivity contribution in [3.8, 4) is 11.3 Å². The van der Waals surface area contributed by atoms with Crippen molar-refractivity contribution < 1.29 is 19.1 Å². The van der Waals surface area contributed by atoms with E-state index in [9.17, 15) is 9.59 Å². The minimum absolute atomic E-state index is 0.115. The molecule has 3 aromatic rings. The highest BCUT2D eigenvalue weighted by Gasteiger charge is 2.41. The molecule has 198 valence electrons. The predicted molar refractivity (Wildman–Crippen MR) is 147 cm³/mol. The van der Waals surface area contributed by atoms with Crippen molar-refractivity contribution in [3.05, 3.63) is 83.2 Å². The van der Waals surface area contributed by atoms with Crippen LogP contribution in [-0.2, 0) is 15.0 Å². The van der Waals surface area contributed by atoms with E-state index in [1.54, 1.807) is 0 Å². The molecule has 0 saturated heterocycles. The van der Waals surface area contributed by atoms with Gasteiger partial charge >= 0.3 is 12.1 Å². The van der Waals surface area contributed by atoms with Crippen LogP contribution >= 0.6 is 0 Å². The summed E-state index contributed by atoms with van der Waals surface area (Å²) in [5, 5.41) is 3.13. The van der Waals surface area contributed by atoms with Gasteiger partial charge in [-0.1, -0.05) is 48.6 Å². The first-order valence-corrected chi connectivity index (χ1v) is 13.2. The van der Waals surface area contributed by atoms with Crippen LogP contribution in [0.4, 0.5) is 4.79 Å². The molecule has 7 heteroatoms. The normalized spacial score (nSPS) is 18.2. The zero-order valence-electron chi connectivity index (χ0n) is 22.7. The first-order chi connectivity index (χ1) is 18.1. The maximum Gasteiger partial charge on any atom is 0.408 e. The maximum atomic E-state index is 12.6. The molecule has 2 aliphatic rings. The number of aromatic nitrogens is 2. The molecule has 2 aromatic heterocycles. The van der Waals surface area contributed by atoms with E-state index in [-0.39, 0.29) is 5.92 Å². The van der Waals surface area contributed by atoms with Crippen LogP contribution in [0, 0.1) is 6.92 Å². The Hall–Kier alpha value is -3.87. The molecule has 1 amide bonds. The number of rotatable bonds is 5. The lowest BCUT2D eigenvalue weighted by Gasteiger charge is -2.43. The van der Waals surface area contributed by atoms with Gasteiger partial charge in [-0.05, 0) is 70.6 Å². The Morgan fingerprint density at radius 1 is 1.13 bits per heavy atom. The summed E-state index contributed by atoms with van der Waals surface area (Å²) in [6.45, 7) is 7.57. The molecular weight excluding hydrogens is 478 g/mol. The highest BCUT2D eigenvalue weighted by Crippen LogP contribution is 2.43. The van der Waals surface area contributed by atoms with Crippen molar-refractivity contribution in [3.63, 3.8) is 0 Å². The van der Waals surface area contributed by atoms with Gasteiger partial charge in [-0.3, -0.25) is 0 Å². The van der Waals surface area contributed by atoms with Crippen molar-refractivity contribution in [1.29, 1.82) is 0 Å². The minimum atomic E-state index is -0.553. The molecule has 1 unspecified atom stereocenters. The molecule has 1 atom stereocenters. The Morgan fingerprint density at radius 3 is 2.45 bits per heavy atom. The Bertz CT molecular complexity index is 1440. The highest BCUT2D eigenvalue weighted by molar-refractivity contribution is 5.96. The molecule has 0 bridgehead atoms. The van der Waals surface area contributed by atoms with E-state index in [1.165, 1.54) is 7.11 Å². The number of hydrogen-bond acceptors (Lipinski definition) is 5. The number of methoxy groups -OCH3 is 1. The Kier molecular flexibility index (Phi) is 6.63. The van der Waals surface area contributed by atoms with E-state index in [0.717, 1.165) is 53.8 Å². The summed E-state index contributed by atoms with van der Waals surface area (Å²) in [4.78, 5) is 30.2. The van der Waals surface area contributed by atoms with Crippen molar-refractivity contribution in [2.75, 3.05) is 7.11 Å². The fraction of sp³-hybridized carbons (Fsp3) is 0.387. The third-order valence-corrected chi connectivity index (χ3v) is 7.29. The smallest absolute Gasteiger partial charge is 0.408 e. The maximum absolute atomic E-state index is 12.6. The van der Waals surface area contributed by atoms with Gasteiger partial charge in [0.25, 0.3) is 0 Å². The van der Waals surface area contributed by atoms with Crippen LogP contribution in [0.25, 0.3) is 16.9 Å². The number of carbonyl (C=O) groups excluding carboxylic acids is 2. The van der Waals surface area contributed by atoms with Crippen LogP contribution in [0.15, 0.2) is 60.8 Å². The van der Waals surface area contributed by atoms with E-state index in [1.807, 2.05) is 44.4 Å². The van der Waals surface area contributed by atoms with Crippen LogP contribution in [0.5, 0.6) is 0 Å². The number of carbonyl (C=O) groups is 2. The molecule has 0 aliphatic heterocycles. The summed E-state index contributed by atoms with van der Waals surface area (Å²) in [5.41, 5.74) is 4.88. The summed E-state index contributed by atoms with van der Waals surface area (Å²) in [6, 6.07) is 10.1. The van der Waals surface area contributed by atoms with Crippen molar-refractivity contribution in [2.45, 2.75) is 70.4 Å². The number of imidazole rings is 1. The van der Waals surface area contributed by atoms with Crippen molar-refractivity contribution in [2.24, 2.45) is 0 Å². The van der Waals surface area contributed by atoms with Gasteiger partial charge in [0.05, 0.1) is 24.0 Å². The molecule has 0 spiro atoms. The van der Waals surface area contributed by atoms with Gasteiger partial charge in [0.15, 0.2) is 5.65 Å². The number of ether oxygens (including phenoxy) is 2. The van der Waals surface area contributed by atoms with E-state index in [4.69, 9.17) is 14.5 Å². The molecule has 5 rings (SSSR count). The third kappa shape index (κ3) is 4.85. The number of fused-ring (bicyclic) bond motifs is 1. The number of esters is 1. The van der Waals surface area contributed by atoms with Gasteiger partial charge in [0.1, 0.15) is 11.2 Å². The summed E-state index contributed by atoms with van der Waals surface area (Å²) in [6.07, 6.45) is 13.7. The van der Waals surface area contributed by atoms with Crippen LogP contribution in [0.3, 0.4) is 0 Å². The lowest BCUT2D eigenvalue weighted by Crippen LogP contribution is -2.52. The number of aryl methyl sites for hydroxylation is 1. The number of hydrogen-bond donors (Lipinski definition) is 1. The lowest BCUT2D eigenvalue weighted by atomic mass is 9.71. The highest BCUT2D eigenvalue weighted by atomic mass is 16.6. The molecule has 0 radical (unpaired) electrons. The van der Waals surface area contributed by atoms with E-state index < -0.39 is 23.2 Å². The fourth-order valence-corrected chi connectivity index (χ4v) is 5.37. The van der Waals surface area contributed by atoms with Crippen LogP contribution in [-0.4, -0.2) is 34.2 Å². The number of amides is 1. The van der Waals surface area contributed by atoms with Gasteiger partial charge in [-0.15, -0.1) is 0 Å². The molecule has 7 nitrogen and oxygen atoms in total. The van der Waals surface area contributed by atoms with Crippen molar-refractivity contribution >= 4 is 17.7 Å². The Morgan fingerprint density at radius 2 is 1.87 bits per heavy atom. The van der Waals surface area contributed by atoms with Gasteiger partial charge in [-0.25, -0.2) is 14.6 Å². The lowest BCUT2D eigenvalue weighted by molar-refractivity contribution is 0.0377. The Labute approximate surface area is 223 Å². The van der Waals surface area contributed by atoms with Gasteiger partial charge in [0, 0.05) is 17.7 Å². The topological polar surface area (TPSA) is 81.9 Å². The SMILES string of the molecule is COC(=O)c1cc(C)cn2c(C3C=CC=CC3)c(-c3ccc(C4(NC(=O)OC(C)(C)C)CCC4)cc3)nc12. The standard InChI is InChI=1S/C31H35N3O4/c1-20-18-24(28(35)37-5)27-32-25(26(34(27)19-20)22-10-7-6-8-11-22)21-12-14-23(15-13-21)31(16-9-17-31)33-29(36)38-30(2,3)4/h6-8,10,12-15,18-19,22H,9,11,16-17H2,1-5H3,(H,33,36). The number of alkyl carbamates (subject to hydrolysis) is 1. The fourth-order valence-electron chi connectivity index (χ4n) is 5.37. The molecule has 2 heterocycles. The first kappa shape index (κ1) is 25.8. The summed E-state index contributed by atoms with van der Waals surface area (Å²) in [5.74, 6) is -0.292. The van der Waals surface area contributed by atoms with Gasteiger partial charge < -0.3 is 19.2 Å². The molecule has 1 saturated carbocycles. The molecule has 2 aliphatic carbocycles. The predicted octanol–water partition coefficient (Wildman–Crippen LogP) is 6.60. The molecule has 1 fully saturated rings. The largest absolute Gasteiger partial charge is 0.465 e. The van der Waals surface area contributed by atoms with Crippen LogP contribution in [0.1, 0.15) is 79.6 Å². The average Bonchev–Trinajstić information content (AvgIpc) is 3.24. The van der Waals surface area contributed by atoms with E-state index in [2.05, 4.69) is 53.9 Å².